The Morgan fingerprint density at radius 1 is 1.83 bits per heavy atom. The molecule has 1 unspecified atom stereocenters. The minimum absolute atomic E-state index is 0.160. The second-order valence-corrected chi connectivity index (χ2v) is 3.72. The molecule has 0 aromatic carbocycles. The van der Waals surface area contributed by atoms with E-state index in [0.29, 0.717) is 18.0 Å². The monoisotopic (exact) mass is 186 g/mol. The number of amides is 1. The molecule has 1 rings (SSSR count). The maximum absolute atomic E-state index is 11.3. The fraction of sp³-hybridized carbons (Fsp3) is 0.750. The highest BCUT2D eigenvalue weighted by Crippen LogP contribution is 2.29. The van der Waals surface area contributed by atoms with Crippen molar-refractivity contribution in [2.24, 2.45) is 5.73 Å². The van der Waals surface area contributed by atoms with Gasteiger partial charge < -0.3 is 10.6 Å². The van der Waals surface area contributed by atoms with E-state index >= 15 is 0 Å². The summed E-state index contributed by atoms with van der Waals surface area (Å²) in [6, 6.07) is 0. The molecule has 0 aromatic heterocycles. The third kappa shape index (κ3) is 1.20. The maximum atomic E-state index is 11.3. The van der Waals surface area contributed by atoms with Crippen LogP contribution in [0, 0.1) is 0 Å². The number of likely N-dealkylation sites (tertiary alicyclic amines) is 1. The summed E-state index contributed by atoms with van der Waals surface area (Å²) in [5, 5.41) is 0. The number of rotatable bonds is 2. The average Bonchev–Trinajstić information content (AvgIpc) is 2.29. The molecule has 1 aliphatic heterocycles. The zero-order valence-corrected chi connectivity index (χ0v) is 8.28. The summed E-state index contributed by atoms with van der Waals surface area (Å²) in [4.78, 5) is 13.5. The Kier molecular flexibility index (Phi) is 2.37. The Hall–Kier alpha value is -0.640. The van der Waals surface area contributed by atoms with Crippen LogP contribution in [0.4, 0.5) is 0 Å². The first-order chi connectivity index (χ1) is 5.52. The Labute approximate surface area is 77.9 Å². The van der Waals surface area contributed by atoms with Crippen LogP contribution >= 0.6 is 12.2 Å². The van der Waals surface area contributed by atoms with Crippen molar-refractivity contribution in [2.75, 3.05) is 6.54 Å². The Morgan fingerprint density at radius 3 is 2.75 bits per heavy atom. The summed E-state index contributed by atoms with van der Waals surface area (Å²) in [5.74, 6) is 0.160. The van der Waals surface area contributed by atoms with Gasteiger partial charge in [0.1, 0.15) is 0 Å². The molecule has 12 heavy (non-hydrogen) atoms. The van der Waals surface area contributed by atoms with Gasteiger partial charge in [0.2, 0.25) is 5.91 Å². The van der Waals surface area contributed by atoms with E-state index in [2.05, 4.69) is 0 Å². The lowest BCUT2D eigenvalue weighted by Crippen LogP contribution is -2.51. The molecule has 68 valence electrons. The third-order valence-electron chi connectivity index (χ3n) is 2.57. The van der Waals surface area contributed by atoms with E-state index in [1.54, 1.807) is 4.90 Å². The molecule has 1 atom stereocenters. The lowest BCUT2D eigenvalue weighted by Gasteiger charge is -2.33. The van der Waals surface area contributed by atoms with Gasteiger partial charge in [-0.1, -0.05) is 12.2 Å². The molecule has 4 heteroatoms. The van der Waals surface area contributed by atoms with Crippen LogP contribution in [0.3, 0.4) is 0 Å². The Bertz CT molecular complexity index is 227. The second-order valence-electron chi connectivity index (χ2n) is 3.28. The molecule has 0 saturated carbocycles. The number of thiocarbonyl (C=S) groups is 1. The molecule has 1 amide bonds. The third-order valence-corrected chi connectivity index (χ3v) is 3.01. The summed E-state index contributed by atoms with van der Waals surface area (Å²) in [5.41, 5.74) is 5.22. The van der Waals surface area contributed by atoms with Crippen molar-refractivity contribution in [2.45, 2.75) is 32.2 Å². The second kappa shape index (κ2) is 3.01. The molecular weight excluding hydrogens is 172 g/mol. The molecule has 0 aromatic rings. The highest BCUT2D eigenvalue weighted by Gasteiger charge is 2.42. The first-order valence-corrected chi connectivity index (χ1v) is 4.53. The predicted octanol–water partition coefficient (Wildman–Crippen LogP) is 0.674. The zero-order chi connectivity index (χ0) is 9.35. The van der Waals surface area contributed by atoms with Gasteiger partial charge in [-0.25, -0.2) is 0 Å². The fourth-order valence-electron chi connectivity index (χ4n) is 1.68. The molecule has 1 saturated heterocycles. The van der Waals surface area contributed by atoms with E-state index in [1.165, 1.54) is 0 Å². The number of nitrogens with zero attached hydrogens (tertiary/aromatic N) is 1. The van der Waals surface area contributed by atoms with Crippen molar-refractivity contribution in [1.82, 2.24) is 4.90 Å². The van der Waals surface area contributed by atoms with Crippen LogP contribution in [0.1, 0.15) is 26.7 Å². The molecular formula is C8H14N2OS. The van der Waals surface area contributed by atoms with Crippen molar-refractivity contribution in [1.29, 1.82) is 0 Å². The predicted molar refractivity (Wildman–Crippen MR) is 51.8 cm³/mol. The zero-order valence-electron chi connectivity index (χ0n) is 7.46. The summed E-state index contributed by atoms with van der Waals surface area (Å²) < 4.78 is 0. The minimum atomic E-state index is -0.374. The Morgan fingerprint density at radius 2 is 2.42 bits per heavy atom. The van der Waals surface area contributed by atoms with Crippen molar-refractivity contribution < 1.29 is 4.79 Å². The molecule has 1 heterocycles. The van der Waals surface area contributed by atoms with Crippen LogP contribution in [0.15, 0.2) is 0 Å². The van der Waals surface area contributed by atoms with Crippen LogP contribution in [0.2, 0.25) is 0 Å². The van der Waals surface area contributed by atoms with E-state index in [4.69, 9.17) is 18.0 Å². The van der Waals surface area contributed by atoms with Gasteiger partial charge in [0, 0.05) is 13.0 Å². The smallest absolute Gasteiger partial charge is 0.223 e. The number of carbonyl (C=O) groups is 1. The van der Waals surface area contributed by atoms with Crippen LogP contribution in [0.25, 0.3) is 0 Å². The van der Waals surface area contributed by atoms with Gasteiger partial charge in [-0.15, -0.1) is 0 Å². The highest BCUT2D eigenvalue weighted by molar-refractivity contribution is 7.80. The number of hydrogen-bond acceptors (Lipinski definition) is 2. The lowest BCUT2D eigenvalue weighted by atomic mass is 9.99. The molecule has 3 nitrogen and oxygen atoms in total. The number of likely N-dealkylation sites (N-methyl/N-ethyl adjacent to an activating group) is 1. The quantitative estimate of drug-likeness (QED) is 0.645. The van der Waals surface area contributed by atoms with Crippen LogP contribution in [0.5, 0.6) is 0 Å². The van der Waals surface area contributed by atoms with Gasteiger partial charge in [-0.3, -0.25) is 4.79 Å². The van der Waals surface area contributed by atoms with Gasteiger partial charge in [0.15, 0.2) is 0 Å². The van der Waals surface area contributed by atoms with E-state index in [0.717, 1.165) is 6.42 Å². The lowest BCUT2D eigenvalue weighted by molar-refractivity contribution is -0.129. The average molecular weight is 186 g/mol. The molecule has 0 radical (unpaired) electrons. The summed E-state index contributed by atoms with van der Waals surface area (Å²) in [7, 11) is 0. The van der Waals surface area contributed by atoms with Gasteiger partial charge in [0.05, 0.1) is 10.5 Å². The van der Waals surface area contributed by atoms with E-state index in [1.807, 2.05) is 13.8 Å². The summed E-state index contributed by atoms with van der Waals surface area (Å²) >= 11 is 4.95. The SMILES string of the molecule is CCN1C(=O)CCC1(C)C(N)=S. The summed E-state index contributed by atoms with van der Waals surface area (Å²) in [6.07, 6.45) is 1.33. The van der Waals surface area contributed by atoms with Gasteiger partial charge in [0.25, 0.3) is 0 Å². The largest absolute Gasteiger partial charge is 0.391 e. The fourth-order valence-corrected chi connectivity index (χ4v) is 1.89. The van der Waals surface area contributed by atoms with Crippen LogP contribution in [-0.2, 0) is 4.79 Å². The van der Waals surface area contributed by atoms with E-state index in [-0.39, 0.29) is 11.4 Å². The molecule has 1 fully saturated rings. The number of hydrogen-bond donors (Lipinski definition) is 1. The van der Waals surface area contributed by atoms with Gasteiger partial charge in [-0.2, -0.15) is 0 Å². The maximum Gasteiger partial charge on any atom is 0.223 e. The van der Waals surface area contributed by atoms with Crippen LogP contribution < -0.4 is 5.73 Å². The number of carbonyl (C=O) groups excluding carboxylic acids is 1. The highest BCUT2D eigenvalue weighted by atomic mass is 32.1. The van der Waals surface area contributed by atoms with Crippen molar-refractivity contribution >= 4 is 23.1 Å². The van der Waals surface area contributed by atoms with Gasteiger partial charge >= 0.3 is 0 Å². The van der Waals surface area contributed by atoms with E-state index in [9.17, 15) is 4.79 Å². The first kappa shape index (κ1) is 9.45. The molecule has 2 N–H and O–H groups in total. The van der Waals surface area contributed by atoms with Crippen LogP contribution in [-0.4, -0.2) is 27.9 Å². The topological polar surface area (TPSA) is 46.3 Å². The van der Waals surface area contributed by atoms with Crippen molar-refractivity contribution in [3.8, 4) is 0 Å². The van der Waals surface area contributed by atoms with Crippen molar-refractivity contribution in [3.63, 3.8) is 0 Å². The summed E-state index contributed by atoms with van der Waals surface area (Å²) in [6.45, 7) is 4.57. The molecule has 0 bridgehead atoms. The molecule has 1 aliphatic rings. The Balaban J connectivity index is 2.91. The van der Waals surface area contributed by atoms with E-state index < -0.39 is 0 Å². The molecule has 0 aliphatic carbocycles. The number of nitrogens with two attached hydrogens (primary N) is 1. The molecule has 0 spiro atoms. The standard InChI is InChI=1S/C8H14N2OS/c1-3-10-6(11)4-5-8(10,2)7(9)12/h3-5H2,1-2H3,(H2,9,12). The van der Waals surface area contributed by atoms with Crippen molar-refractivity contribution in [3.05, 3.63) is 0 Å². The normalized spacial score (nSPS) is 29.5. The van der Waals surface area contributed by atoms with Gasteiger partial charge in [-0.05, 0) is 20.3 Å². The minimum Gasteiger partial charge on any atom is -0.391 e. The first-order valence-electron chi connectivity index (χ1n) is 4.12.